The molecule has 3 heterocycles. The molecule has 0 radical (unpaired) electrons. The van der Waals surface area contributed by atoms with Crippen molar-refractivity contribution in [3.63, 3.8) is 0 Å². The Kier molecular flexibility index (Phi) is 5.98. The molecule has 1 aromatic carbocycles. The first-order valence-corrected chi connectivity index (χ1v) is 10.1. The van der Waals surface area contributed by atoms with E-state index in [1.807, 2.05) is 35.5 Å². The van der Waals surface area contributed by atoms with Gasteiger partial charge in [0.1, 0.15) is 11.6 Å². The molecule has 3 aromatic rings. The normalized spacial score (nSPS) is 16.7. The number of pyridine rings is 1. The van der Waals surface area contributed by atoms with Crippen LogP contribution in [0.3, 0.4) is 0 Å². The molecule has 0 N–H and O–H groups in total. The van der Waals surface area contributed by atoms with Gasteiger partial charge in [-0.05, 0) is 54.7 Å². The second-order valence-electron chi connectivity index (χ2n) is 7.58. The van der Waals surface area contributed by atoms with Crippen molar-refractivity contribution in [2.24, 2.45) is 0 Å². The molecule has 0 saturated carbocycles. The summed E-state index contributed by atoms with van der Waals surface area (Å²) in [7, 11) is 0. The average Bonchev–Trinajstić information content (AvgIpc) is 3.21. The van der Waals surface area contributed by atoms with Gasteiger partial charge in [-0.15, -0.1) is 0 Å². The fourth-order valence-electron chi connectivity index (χ4n) is 4.02. The number of aromatic nitrogens is 3. The van der Waals surface area contributed by atoms with E-state index in [0.717, 1.165) is 37.3 Å². The molecular formula is C23H25FN4O. The van der Waals surface area contributed by atoms with E-state index in [-0.39, 0.29) is 17.6 Å². The van der Waals surface area contributed by atoms with Gasteiger partial charge in [-0.2, -0.15) is 0 Å². The fourth-order valence-corrected chi connectivity index (χ4v) is 4.02. The van der Waals surface area contributed by atoms with Gasteiger partial charge in [-0.3, -0.25) is 9.78 Å². The monoisotopic (exact) mass is 392 g/mol. The van der Waals surface area contributed by atoms with Crippen LogP contribution in [-0.2, 0) is 17.8 Å². The number of amides is 1. The number of nitrogens with zero attached hydrogens (tertiary/aromatic N) is 4. The van der Waals surface area contributed by atoms with Crippen molar-refractivity contribution in [3.05, 3.63) is 84.0 Å². The lowest BCUT2D eigenvalue weighted by molar-refractivity contribution is -0.132. The van der Waals surface area contributed by atoms with Crippen molar-refractivity contribution in [2.45, 2.75) is 38.1 Å². The Labute approximate surface area is 170 Å². The van der Waals surface area contributed by atoms with Gasteiger partial charge < -0.3 is 9.47 Å². The number of rotatable bonds is 6. The minimum Gasteiger partial charge on any atom is -0.342 e. The number of carbonyl (C=O) groups excluding carboxylic acids is 1. The van der Waals surface area contributed by atoms with Crippen LogP contribution in [-0.4, -0.2) is 38.4 Å². The Bertz CT molecular complexity index is 956. The van der Waals surface area contributed by atoms with E-state index < -0.39 is 0 Å². The summed E-state index contributed by atoms with van der Waals surface area (Å²) in [6.07, 6.45) is 10.4. The van der Waals surface area contributed by atoms with Gasteiger partial charge >= 0.3 is 0 Å². The largest absolute Gasteiger partial charge is 0.342 e. The molecule has 150 valence electrons. The highest BCUT2D eigenvalue weighted by atomic mass is 19.1. The molecule has 1 amide bonds. The van der Waals surface area contributed by atoms with E-state index in [2.05, 4.69) is 14.5 Å². The standard InChI is InChI=1S/C23H25FN4O/c24-21-5-1-3-18(15-21)6-7-22(29)27-13-2-4-20(17-27)23-26-12-14-28(23)16-19-8-10-25-11-9-19/h1,3,5,8-12,14-15,20H,2,4,6-7,13,16-17H2. The molecule has 1 aliphatic rings. The van der Waals surface area contributed by atoms with Gasteiger partial charge in [-0.25, -0.2) is 9.37 Å². The predicted molar refractivity (Wildman–Crippen MR) is 109 cm³/mol. The van der Waals surface area contributed by atoms with E-state index in [1.165, 1.54) is 17.7 Å². The van der Waals surface area contributed by atoms with E-state index in [4.69, 9.17) is 0 Å². The van der Waals surface area contributed by atoms with E-state index in [0.29, 0.717) is 19.4 Å². The Balaban J connectivity index is 1.38. The molecule has 1 saturated heterocycles. The maximum Gasteiger partial charge on any atom is 0.222 e. The number of benzene rings is 1. The van der Waals surface area contributed by atoms with Crippen LogP contribution in [0.4, 0.5) is 4.39 Å². The zero-order valence-electron chi connectivity index (χ0n) is 16.4. The highest BCUT2D eigenvalue weighted by Crippen LogP contribution is 2.27. The molecule has 0 bridgehead atoms. The summed E-state index contributed by atoms with van der Waals surface area (Å²) in [5.74, 6) is 1.14. The van der Waals surface area contributed by atoms with Gasteiger partial charge in [0, 0.05) is 56.8 Å². The molecular weight excluding hydrogens is 367 g/mol. The highest BCUT2D eigenvalue weighted by molar-refractivity contribution is 5.76. The van der Waals surface area contributed by atoms with E-state index in [9.17, 15) is 9.18 Å². The topological polar surface area (TPSA) is 51.0 Å². The second-order valence-corrected chi connectivity index (χ2v) is 7.58. The van der Waals surface area contributed by atoms with Crippen LogP contribution < -0.4 is 0 Å². The molecule has 2 aromatic heterocycles. The molecule has 6 heteroatoms. The fraction of sp³-hybridized carbons (Fsp3) is 0.348. The summed E-state index contributed by atoms with van der Waals surface area (Å²) >= 11 is 0. The molecule has 5 nitrogen and oxygen atoms in total. The van der Waals surface area contributed by atoms with Crippen molar-refractivity contribution in [1.82, 2.24) is 19.4 Å². The Morgan fingerprint density at radius 2 is 2.00 bits per heavy atom. The second kappa shape index (κ2) is 8.99. The summed E-state index contributed by atoms with van der Waals surface area (Å²) in [6, 6.07) is 10.5. The van der Waals surface area contributed by atoms with Crippen LogP contribution in [0.25, 0.3) is 0 Å². The van der Waals surface area contributed by atoms with Crippen molar-refractivity contribution in [3.8, 4) is 0 Å². The first kappa shape index (κ1) is 19.3. The number of aryl methyl sites for hydroxylation is 1. The number of imidazole rings is 1. The van der Waals surface area contributed by atoms with Crippen LogP contribution >= 0.6 is 0 Å². The van der Waals surface area contributed by atoms with Crippen LogP contribution in [0, 0.1) is 5.82 Å². The number of likely N-dealkylation sites (tertiary alicyclic amines) is 1. The lowest BCUT2D eigenvalue weighted by Gasteiger charge is -2.33. The van der Waals surface area contributed by atoms with Gasteiger partial charge in [0.15, 0.2) is 0 Å². The SMILES string of the molecule is O=C(CCc1cccc(F)c1)N1CCCC(c2nccn2Cc2ccncc2)C1. The third-order valence-electron chi connectivity index (χ3n) is 5.51. The molecule has 1 atom stereocenters. The van der Waals surface area contributed by atoms with Crippen molar-refractivity contribution < 1.29 is 9.18 Å². The van der Waals surface area contributed by atoms with Crippen molar-refractivity contribution in [2.75, 3.05) is 13.1 Å². The number of piperidine rings is 1. The van der Waals surface area contributed by atoms with Gasteiger partial charge in [0.2, 0.25) is 5.91 Å². The zero-order chi connectivity index (χ0) is 20.1. The van der Waals surface area contributed by atoms with Crippen molar-refractivity contribution >= 4 is 5.91 Å². The molecule has 29 heavy (non-hydrogen) atoms. The number of halogens is 1. The molecule has 0 aliphatic carbocycles. The molecule has 1 unspecified atom stereocenters. The molecule has 1 aliphatic heterocycles. The summed E-state index contributed by atoms with van der Waals surface area (Å²) in [4.78, 5) is 23.4. The van der Waals surface area contributed by atoms with Crippen molar-refractivity contribution in [1.29, 1.82) is 0 Å². The smallest absolute Gasteiger partial charge is 0.222 e. The number of hydrogen-bond acceptors (Lipinski definition) is 3. The van der Waals surface area contributed by atoms with E-state index in [1.54, 1.807) is 18.5 Å². The maximum absolute atomic E-state index is 13.3. The van der Waals surface area contributed by atoms with Gasteiger partial charge in [0.05, 0.1) is 0 Å². The summed E-state index contributed by atoms with van der Waals surface area (Å²) in [5, 5.41) is 0. The quantitative estimate of drug-likeness (QED) is 0.641. The average molecular weight is 392 g/mol. The zero-order valence-corrected chi connectivity index (χ0v) is 16.4. The number of hydrogen-bond donors (Lipinski definition) is 0. The minimum atomic E-state index is -0.256. The maximum atomic E-state index is 13.3. The molecule has 1 fully saturated rings. The van der Waals surface area contributed by atoms with Crippen LogP contribution in [0.5, 0.6) is 0 Å². The molecule has 0 spiro atoms. The third kappa shape index (κ3) is 4.88. The Morgan fingerprint density at radius 3 is 2.83 bits per heavy atom. The van der Waals surface area contributed by atoms with Gasteiger partial charge in [0.25, 0.3) is 0 Å². The number of carbonyl (C=O) groups is 1. The lowest BCUT2D eigenvalue weighted by Crippen LogP contribution is -2.39. The Hall–Kier alpha value is -3.02. The molecule has 4 rings (SSSR count). The third-order valence-corrected chi connectivity index (χ3v) is 5.51. The highest BCUT2D eigenvalue weighted by Gasteiger charge is 2.27. The summed E-state index contributed by atoms with van der Waals surface area (Å²) < 4.78 is 15.5. The summed E-state index contributed by atoms with van der Waals surface area (Å²) in [5.41, 5.74) is 2.04. The van der Waals surface area contributed by atoms with Crippen LogP contribution in [0.2, 0.25) is 0 Å². The predicted octanol–water partition coefficient (Wildman–Crippen LogP) is 3.80. The lowest BCUT2D eigenvalue weighted by atomic mass is 9.96. The van der Waals surface area contributed by atoms with Gasteiger partial charge in [-0.1, -0.05) is 12.1 Å². The minimum absolute atomic E-state index is 0.131. The summed E-state index contributed by atoms with van der Waals surface area (Å²) in [6.45, 7) is 2.22. The first-order valence-electron chi connectivity index (χ1n) is 10.1. The van der Waals surface area contributed by atoms with Crippen LogP contribution in [0.15, 0.2) is 61.2 Å². The Morgan fingerprint density at radius 1 is 1.14 bits per heavy atom. The van der Waals surface area contributed by atoms with Crippen LogP contribution in [0.1, 0.15) is 42.1 Å². The van der Waals surface area contributed by atoms with E-state index >= 15 is 0 Å². The first-order chi connectivity index (χ1) is 14.2.